The fourth-order valence-corrected chi connectivity index (χ4v) is 4.12. The Hall–Kier alpha value is -1.35. The topological polar surface area (TPSA) is 41.1 Å². The van der Waals surface area contributed by atoms with Crippen LogP contribution in [-0.4, -0.2) is 25.0 Å². The first-order valence-corrected chi connectivity index (χ1v) is 9.28. The van der Waals surface area contributed by atoms with E-state index < -0.39 is 0 Å². The molecule has 0 bridgehead atoms. The van der Waals surface area contributed by atoms with Crippen molar-refractivity contribution < 1.29 is 4.79 Å². The van der Waals surface area contributed by atoms with Gasteiger partial charge >= 0.3 is 0 Å². The molecular formula is C20H30N2O. The summed E-state index contributed by atoms with van der Waals surface area (Å²) in [5.41, 5.74) is 1.70. The van der Waals surface area contributed by atoms with Gasteiger partial charge in [-0.3, -0.25) is 4.79 Å². The van der Waals surface area contributed by atoms with Crippen LogP contribution in [0.15, 0.2) is 30.3 Å². The SMILES string of the molecule is CCC[C@H](CCc1ccccc1)NC(=O)[C@@H]1CC12CCNCC2. The van der Waals surface area contributed by atoms with Gasteiger partial charge in [-0.2, -0.15) is 0 Å². The van der Waals surface area contributed by atoms with Crippen LogP contribution in [0.1, 0.15) is 51.0 Å². The molecule has 126 valence electrons. The highest BCUT2D eigenvalue weighted by Gasteiger charge is 2.57. The van der Waals surface area contributed by atoms with Crippen molar-refractivity contribution in [3.05, 3.63) is 35.9 Å². The van der Waals surface area contributed by atoms with Crippen molar-refractivity contribution in [3.63, 3.8) is 0 Å². The number of piperidine rings is 1. The zero-order valence-corrected chi connectivity index (χ0v) is 14.3. The van der Waals surface area contributed by atoms with Crippen LogP contribution in [0.25, 0.3) is 0 Å². The van der Waals surface area contributed by atoms with Gasteiger partial charge in [0.05, 0.1) is 0 Å². The minimum Gasteiger partial charge on any atom is -0.353 e. The number of carbonyl (C=O) groups is 1. The van der Waals surface area contributed by atoms with E-state index in [2.05, 4.69) is 47.9 Å². The van der Waals surface area contributed by atoms with E-state index in [1.54, 1.807) is 0 Å². The second-order valence-electron chi connectivity index (χ2n) is 7.39. The van der Waals surface area contributed by atoms with Crippen LogP contribution in [-0.2, 0) is 11.2 Å². The van der Waals surface area contributed by atoms with E-state index in [0.29, 0.717) is 17.4 Å². The fraction of sp³-hybridized carbons (Fsp3) is 0.650. The van der Waals surface area contributed by atoms with Gasteiger partial charge in [0.2, 0.25) is 5.91 Å². The van der Waals surface area contributed by atoms with Crippen molar-refractivity contribution >= 4 is 5.91 Å². The number of amides is 1. The Labute approximate surface area is 140 Å². The summed E-state index contributed by atoms with van der Waals surface area (Å²) in [4.78, 5) is 12.6. The number of benzene rings is 1. The maximum Gasteiger partial charge on any atom is 0.223 e. The van der Waals surface area contributed by atoms with Crippen LogP contribution in [0.2, 0.25) is 0 Å². The van der Waals surface area contributed by atoms with Crippen molar-refractivity contribution in [2.75, 3.05) is 13.1 Å². The molecule has 23 heavy (non-hydrogen) atoms. The molecule has 1 saturated heterocycles. The lowest BCUT2D eigenvalue weighted by molar-refractivity contribution is -0.124. The Morgan fingerprint density at radius 1 is 1.26 bits per heavy atom. The molecule has 1 aliphatic carbocycles. The lowest BCUT2D eigenvalue weighted by Crippen LogP contribution is -2.39. The average Bonchev–Trinajstić information content (AvgIpc) is 3.27. The Morgan fingerprint density at radius 2 is 2.00 bits per heavy atom. The fourth-order valence-electron chi connectivity index (χ4n) is 4.12. The maximum atomic E-state index is 12.6. The van der Waals surface area contributed by atoms with E-state index >= 15 is 0 Å². The van der Waals surface area contributed by atoms with E-state index in [9.17, 15) is 4.79 Å². The van der Waals surface area contributed by atoms with Gasteiger partial charge in [-0.25, -0.2) is 0 Å². The van der Waals surface area contributed by atoms with Gasteiger partial charge < -0.3 is 10.6 Å². The molecule has 2 N–H and O–H groups in total. The van der Waals surface area contributed by atoms with Gasteiger partial charge in [-0.1, -0.05) is 43.7 Å². The molecule has 0 unspecified atom stereocenters. The van der Waals surface area contributed by atoms with Gasteiger partial charge in [0.15, 0.2) is 0 Å². The molecule has 2 aliphatic rings. The van der Waals surface area contributed by atoms with Crippen molar-refractivity contribution in [2.24, 2.45) is 11.3 Å². The normalized spacial score (nSPS) is 23.4. The predicted octanol–water partition coefficient (Wildman–Crippen LogP) is 3.29. The van der Waals surface area contributed by atoms with Gasteiger partial charge in [0.25, 0.3) is 0 Å². The first-order valence-electron chi connectivity index (χ1n) is 9.28. The van der Waals surface area contributed by atoms with E-state index in [0.717, 1.165) is 45.2 Å². The molecule has 3 heteroatoms. The van der Waals surface area contributed by atoms with Gasteiger partial charge in [0, 0.05) is 12.0 Å². The molecule has 1 aromatic rings. The lowest BCUT2D eigenvalue weighted by Gasteiger charge is -2.24. The summed E-state index contributed by atoms with van der Waals surface area (Å²) >= 11 is 0. The molecule has 2 atom stereocenters. The molecule has 3 nitrogen and oxygen atoms in total. The zero-order chi connectivity index (χ0) is 16.1. The summed E-state index contributed by atoms with van der Waals surface area (Å²) < 4.78 is 0. The average molecular weight is 314 g/mol. The quantitative estimate of drug-likeness (QED) is 0.811. The zero-order valence-electron chi connectivity index (χ0n) is 14.3. The molecule has 1 spiro atoms. The Balaban J connectivity index is 1.50. The Bertz CT molecular complexity index is 508. The number of nitrogens with one attached hydrogen (secondary N) is 2. The van der Waals surface area contributed by atoms with E-state index in [1.165, 1.54) is 18.4 Å². The monoisotopic (exact) mass is 314 g/mol. The molecule has 1 heterocycles. The minimum absolute atomic E-state index is 0.278. The molecule has 0 aromatic heterocycles. The summed E-state index contributed by atoms with van der Waals surface area (Å²) in [6, 6.07) is 10.9. The Morgan fingerprint density at radius 3 is 2.70 bits per heavy atom. The summed E-state index contributed by atoms with van der Waals surface area (Å²) in [6.07, 6.45) is 7.76. The van der Waals surface area contributed by atoms with Crippen LogP contribution in [0.4, 0.5) is 0 Å². The largest absolute Gasteiger partial charge is 0.353 e. The smallest absolute Gasteiger partial charge is 0.223 e. The minimum atomic E-state index is 0.278. The van der Waals surface area contributed by atoms with Crippen molar-refractivity contribution in [1.82, 2.24) is 10.6 Å². The molecule has 1 aliphatic heterocycles. The molecule has 1 aromatic carbocycles. The van der Waals surface area contributed by atoms with E-state index in [-0.39, 0.29) is 5.92 Å². The number of rotatable bonds is 7. The summed E-state index contributed by atoms with van der Waals surface area (Å²) in [6.45, 7) is 4.36. The third-order valence-electron chi connectivity index (χ3n) is 5.71. The van der Waals surface area contributed by atoms with Gasteiger partial charge in [0.1, 0.15) is 0 Å². The van der Waals surface area contributed by atoms with Crippen molar-refractivity contribution in [3.8, 4) is 0 Å². The standard InChI is InChI=1S/C20H30N2O/c1-2-6-17(10-9-16-7-4-3-5-8-16)22-19(23)18-15-20(18)11-13-21-14-12-20/h3-5,7-8,17-18,21H,2,6,9-15H2,1H3,(H,22,23)/t17-,18+/m1/s1. The summed E-state index contributed by atoms with van der Waals surface area (Å²) in [5.74, 6) is 0.596. The van der Waals surface area contributed by atoms with Gasteiger partial charge in [-0.15, -0.1) is 0 Å². The number of carbonyl (C=O) groups excluding carboxylic acids is 1. The predicted molar refractivity (Wildman–Crippen MR) is 94.2 cm³/mol. The van der Waals surface area contributed by atoms with Crippen molar-refractivity contribution in [2.45, 2.75) is 57.9 Å². The second-order valence-corrected chi connectivity index (χ2v) is 7.39. The summed E-state index contributed by atoms with van der Waals surface area (Å²) in [5, 5.41) is 6.77. The third kappa shape index (κ3) is 4.14. The van der Waals surface area contributed by atoms with E-state index in [1.807, 2.05) is 0 Å². The highest BCUT2D eigenvalue weighted by atomic mass is 16.2. The molecule has 1 amide bonds. The van der Waals surface area contributed by atoms with Crippen molar-refractivity contribution in [1.29, 1.82) is 0 Å². The molecule has 1 saturated carbocycles. The van der Waals surface area contributed by atoms with Crippen LogP contribution in [0.3, 0.4) is 0 Å². The first kappa shape index (κ1) is 16.5. The van der Waals surface area contributed by atoms with Crippen LogP contribution in [0.5, 0.6) is 0 Å². The lowest BCUT2D eigenvalue weighted by atomic mass is 9.91. The maximum absolute atomic E-state index is 12.6. The van der Waals surface area contributed by atoms with E-state index in [4.69, 9.17) is 0 Å². The number of aryl methyl sites for hydroxylation is 1. The Kier molecular flexibility index (Phi) is 5.37. The van der Waals surface area contributed by atoms with Crippen LogP contribution < -0.4 is 10.6 Å². The molecule has 0 radical (unpaired) electrons. The van der Waals surface area contributed by atoms with Gasteiger partial charge in [-0.05, 0) is 62.6 Å². The second kappa shape index (κ2) is 7.48. The molecule has 2 fully saturated rings. The number of hydrogen-bond acceptors (Lipinski definition) is 2. The first-order chi connectivity index (χ1) is 11.2. The van der Waals surface area contributed by atoms with Crippen LogP contribution in [0, 0.1) is 11.3 Å². The molecule has 3 rings (SSSR count). The molecular weight excluding hydrogens is 284 g/mol. The highest BCUT2D eigenvalue weighted by Crippen LogP contribution is 2.58. The highest BCUT2D eigenvalue weighted by molar-refractivity contribution is 5.82. The third-order valence-corrected chi connectivity index (χ3v) is 5.71. The number of hydrogen-bond donors (Lipinski definition) is 2. The summed E-state index contributed by atoms with van der Waals surface area (Å²) in [7, 11) is 0. The van der Waals surface area contributed by atoms with Crippen LogP contribution >= 0.6 is 0 Å².